The Morgan fingerprint density at radius 2 is 2.04 bits per heavy atom. The molecule has 0 spiro atoms. The standard InChI is InChI=1S/C22H30N4O2/c1-4-20-15(2)24-26(16(20)3)13-22(27)23-18-10-19-14-28-21(12-25(19)11-18)17-8-6-5-7-9-17/h5-9,18-19,21H,4,10-14H2,1-3H3,(H,23,27)/t18-,19+,21-/m1/s1. The number of morpholine rings is 1. The van der Waals surface area contributed by atoms with E-state index < -0.39 is 0 Å². The average molecular weight is 383 g/mol. The first kappa shape index (κ1) is 19.2. The second kappa shape index (κ2) is 8.05. The summed E-state index contributed by atoms with van der Waals surface area (Å²) >= 11 is 0. The van der Waals surface area contributed by atoms with Crippen molar-refractivity contribution in [2.45, 2.75) is 58.3 Å². The van der Waals surface area contributed by atoms with Crippen molar-refractivity contribution in [3.63, 3.8) is 0 Å². The van der Waals surface area contributed by atoms with Gasteiger partial charge in [-0.25, -0.2) is 0 Å². The summed E-state index contributed by atoms with van der Waals surface area (Å²) in [5.41, 5.74) is 4.59. The number of hydrogen-bond donors (Lipinski definition) is 1. The molecule has 1 aromatic carbocycles. The lowest BCUT2D eigenvalue weighted by Gasteiger charge is -2.35. The molecule has 2 aliphatic heterocycles. The molecule has 0 saturated carbocycles. The smallest absolute Gasteiger partial charge is 0.242 e. The number of carbonyl (C=O) groups excluding carboxylic acids is 1. The highest BCUT2D eigenvalue weighted by Gasteiger charge is 2.38. The molecule has 0 bridgehead atoms. The Bertz CT molecular complexity index is 833. The summed E-state index contributed by atoms with van der Waals surface area (Å²) < 4.78 is 7.94. The van der Waals surface area contributed by atoms with Crippen molar-refractivity contribution in [1.29, 1.82) is 0 Å². The van der Waals surface area contributed by atoms with E-state index in [1.807, 2.05) is 24.6 Å². The molecular weight excluding hydrogens is 352 g/mol. The summed E-state index contributed by atoms with van der Waals surface area (Å²) in [5, 5.41) is 7.75. The second-order valence-corrected chi connectivity index (χ2v) is 8.00. The topological polar surface area (TPSA) is 59.4 Å². The molecule has 4 rings (SSSR count). The Morgan fingerprint density at radius 3 is 2.75 bits per heavy atom. The molecule has 3 heterocycles. The summed E-state index contributed by atoms with van der Waals surface area (Å²) in [7, 11) is 0. The van der Waals surface area contributed by atoms with Crippen LogP contribution < -0.4 is 5.32 Å². The van der Waals surface area contributed by atoms with Crippen LogP contribution in [0.2, 0.25) is 0 Å². The number of benzene rings is 1. The third-order valence-corrected chi connectivity index (χ3v) is 6.13. The van der Waals surface area contributed by atoms with Gasteiger partial charge in [-0.3, -0.25) is 14.4 Å². The number of carbonyl (C=O) groups is 1. The van der Waals surface area contributed by atoms with Crippen LogP contribution in [-0.2, 0) is 22.5 Å². The molecule has 0 unspecified atom stereocenters. The first-order valence-corrected chi connectivity index (χ1v) is 10.3. The normalized spacial score (nSPS) is 24.9. The van der Waals surface area contributed by atoms with Gasteiger partial charge in [-0.05, 0) is 37.8 Å². The summed E-state index contributed by atoms with van der Waals surface area (Å²) in [6.45, 7) is 8.97. The monoisotopic (exact) mass is 382 g/mol. The molecule has 0 aliphatic carbocycles. The average Bonchev–Trinajstić information content (AvgIpc) is 3.21. The molecule has 2 saturated heterocycles. The number of nitrogens with zero attached hydrogens (tertiary/aromatic N) is 3. The van der Waals surface area contributed by atoms with E-state index >= 15 is 0 Å². The van der Waals surface area contributed by atoms with Gasteiger partial charge in [0.25, 0.3) is 0 Å². The number of ether oxygens (including phenoxy) is 1. The van der Waals surface area contributed by atoms with Crippen LogP contribution in [0.15, 0.2) is 30.3 Å². The Balaban J connectivity index is 1.33. The van der Waals surface area contributed by atoms with Gasteiger partial charge >= 0.3 is 0 Å². The van der Waals surface area contributed by atoms with Gasteiger partial charge < -0.3 is 10.1 Å². The maximum atomic E-state index is 12.6. The molecule has 2 aromatic rings. The maximum Gasteiger partial charge on any atom is 0.242 e. The highest BCUT2D eigenvalue weighted by molar-refractivity contribution is 5.76. The van der Waals surface area contributed by atoms with Crippen LogP contribution in [0.5, 0.6) is 0 Å². The van der Waals surface area contributed by atoms with Gasteiger partial charge in [-0.2, -0.15) is 5.10 Å². The van der Waals surface area contributed by atoms with Crippen molar-refractivity contribution in [1.82, 2.24) is 20.0 Å². The van der Waals surface area contributed by atoms with Crippen LogP contribution in [0.4, 0.5) is 0 Å². The van der Waals surface area contributed by atoms with Crippen LogP contribution in [0.3, 0.4) is 0 Å². The minimum Gasteiger partial charge on any atom is -0.371 e. The van der Waals surface area contributed by atoms with Crippen molar-refractivity contribution in [3.8, 4) is 0 Å². The number of aryl methyl sites for hydroxylation is 1. The summed E-state index contributed by atoms with van der Waals surface area (Å²) in [4.78, 5) is 15.1. The first-order chi connectivity index (χ1) is 13.5. The van der Waals surface area contributed by atoms with Gasteiger partial charge in [0, 0.05) is 30.9 Å². The predicted octanol–water partition coefficient (Wildman–Crippen LogP) is 2.39. The fourth-order valence-electron chi connectivity index (χ4n) is 4.66. The summed E-state index contributed by atoms with van der Waals surface area (Å²) in [5.74, 6) is 0.0404. The molecule has 2 aliphatic rings. The van der Waals surface area contributed by atoms with Crippen LogP contribution in [0.25, 0.3) is 0 Å². The van der Waals surface area contributed by atoms with E-state index in [9.17, 15) is 4.79 Å². The molecule has 6 heteroatoms. The van der Waals surface area contributed by atoms with Crippen LogP contribution in [0, 0.1) is 13.8 Å². The molecule has 3 atom stereocenters. The minimum absolute atomic E-state index is 0.0404. The molecule has 150 valence electrons. The van der Waals surface area contributed by atoms with Crippen LogP contribution >= 0.6 is 0 Å². The zero-order valence-electron chi connectivity index (χ0n) is 17.0. The van der Waals surface area contributed by atoms with Crippen LogP contribution in [0.1, 0.15) is 42.0 Å². The van der Waals surface area contributed by atoms with E-state index in [-0.39, 0.29) is 24.6 Å². The lowest BCUT2D eigenvalue weighted by Crippen LogP contribution is -2.43. The minimum atomic E-state index is 0.0404. The summed E-state index contributed by atoms with van der Waals surface area (Å²) in [6.07, 6.45) is 2.01. The van der Waals surface area contributed by atoms with Gasteiger partial charge in [0.1, 0.15) is 6.54 Å². The molecule has 28 heavy (non-hydrogen) atoms. The molecule has 0 radical (unpaired) electrons. The Morgan fingerprint density at radius 1 is 1.25 bits per heavy atom. The number of aromatic nitrogens is 2. The van der Waals surface area contributed by atoms with Crippen molar-refractivity contribution in [2.75, 3.05) is 19.7 Å². The van der Waals surface area contributed by atoms with Gasteiger partial charge in [0.2, 0.25) is 5.91 Å². The zero-order valence-corrected chi connectivity index (χ0v) is 17.0. The second-order valence-electron chi connectivity index (χ2n) is 8.00. The fraction of sp³-hybridized carbons (Fsp3) is 0.545. The number of hydrogen-bond acceptors (Lipinski definition) is 4. The number of nitrogens with one attached hydrogen (secondary N) is 1. The number of rotatable bonds is 5. The molecular formula is C22H30N4O2. The fourth-order valence-corrected chi connectivity index (χ4v) is 4.66. The zero-order chi connectivity index (χ0) is 19.7. The van der Waals surface area contributed by atoms with Gasteiger partial charge in [-0.1, -0.05) is 37.3 Å². The van der Waals surface area contributed by atoms with E-state index in [1.165, 1.54) is 11.1 Å². The third-order valence-electron chi connectivity index (χ3n) is 6.13. The summed E-state index contributed by atoms with van der Waals surface area (Å²) in [6, 6.07) is 11.0. The van der Waals surface area contributed by atoms with E-state index in [1.54, 1.807) is 0 Å². The molecule has 1 aromatic heterocycles. The lowest BCUT2D eigenvalue weighted by molar-refractivity contribution is -0.122. The van der Waals surface area contributed by atoms with E-state index in [4.69, 9.17) is 4.74 Å². The quantitative estimate of drug-likeness (QED) is 0.863. The Labute approximate surface area is 166 Å². The SMILES string of the molecule is CCc1c(C)nn(CC(=O)N[C@@H]2C[C@H]3CO[C@@H](c4ccccc4)CN3C2)c1C. The van der Waals surface area contributed by atoms with Crippen LogP contribution in [-0.4, -0.2) is 52.4 Å². The van der Waals surface area contributed by atoms with Crippen molar-refractivity contribution in [3.05, 3.63) is 52.8 Å². The van der Waals surface area contributed by atoms with E-state index in [0.29, 0.717) is 6.04 Å². The van der Waals surface area contributed by atoms with E-state index in [2.05, 4.69) is 46.5 Å². The van der Waals surface area contributed by atoms with Crippen molar-refractivity contribution >= 4 is 5.91 Å². The molecule has 1 N–H and O–H groups in total. The van der Waals surface area contributed by atoms with Gasteiger partial charge in [0.05, 0.1) is 18.4 Å². The van der Waals surface area contributed by atoms with Crippen molar-refractivity contribution < 1.29 is 9.53 Å². The number of fused-ring (bicyclic) bond motifs is 1. The van der Waals surface area contributed by atoms with Crippen molar-refractivity contribution in [2.24, 2.45) is 0 Å². The predicted molar refractivity (Wildman–Crippen MR) is 108 cm³/mol. The van der Waals surface area contributed by atoms with Gasteiger partial charge in [0.15, 0.2) is 0 Å². The third kappa shape index (κ3) is 3.84. The Kier molecular flexibility index (Phi) is 5.51. The first-order valence-electron chi connectivity index (χ1n) is 10.3. The van der Waals surface area contributed by atoms with E-state index in [0.717, 1.165) is 43.9 Å². The molecule has 1 amide bonds. The molecule has 2 fully saturated rings. The number of amides is 1. The largest absolute Gasteiger partial charge is 0.371 e. The maximum absolute atomic E-state index is 12.6. The lowest BCUT2D eigenvalue weighted by atomic mass is 10.1. The van der Waals surface area contributed by atoms with Gasteiger partial charge in [-0.15, -0.1) is 0 Å². The Hall–Kier alpha value is -2.18. The highest BCUT2D eigenvalue weighted by atomic mass is 16.5. The molecule has 6 nitrogen and oxygen atoms in total. The highest BCUT2D eigenvalue weighted by Crippen LogP contribution is 2.30.